The van der Waals surface area contributed by atoms with E-state index in [1.54, 1.807) is 0 Å². The van der Waals surface area contributed by atoms with Crippen molar-refractivity contribution in [1.82, 2.24) is 4.98 Å². The number of anilines is 1. The third-order valence-corrected chi connectivity index (χ3v) is 4.23. The molecule has 3 rings (SSSR count). The number of hydrogen-bond donors (Lipinski definition) is 1. The predicted octanol–water partition coefficient (Wildman–Crippen LogP) is 3.21. The van der Waals surface area contributed by atoms with Crippen molar-refractivity contribution in [3.8, 4) is 0 Å². The second kappa shape index (κ2) is 5.47. The van der Waals surface area contributed by atoms with Crippen LogP contribution in [-0.4, -0.2) is 29.8 Å². The van der Waals surface area contributed by atoms with Gasteiger partial charge < -0.3 is 10.0 Å². The molecule has 1 aromatic carbocycles. The van der Waals surface area contributed by atoms with Gasteiger partial charge in [0.25, 0.3) is 0 Å². The second-order valence-electron chi connectivity index (χ2n) is 5.14. The van der Waals surface area contributed by atoms with Gasteiger partial charge in [-0.05, 0) is 49.1 Å². The van der Waals surface area contributed by atoms with Gasteiger partial charge in [0.2, 0.25) is 0 Å². The largest absolute Gasteiger partial charge is 0.396 e. The van der Waals surface area contributed by atoms with E-state index in [0.717, 1.165) is 47.1 Å². The highest BCUT2D eigenvalue weighted by molar-refractivity contribution is 9.10. The molecular formula is C15H17BrN2O. The summed E-state index contributed by atoms with van der Waals surface area (Å²) in [4.78, 5) is 7.02. The number of benzene rings is 1. The molecule has 3 nitrogen and oxygen atoms in total. The molecule has 1 saturated heterocycles. The Morgan fingerprint density at radius 1 is 1.32 bits per heavy atom. The van der Waals surface area contributed by atoms with Crippen molar-refractivity contribution >= 4 is 32.7 Å². The van der Waals surface area contributed by atoms with Crippen molar-refractivity contribution < 1.29 is 5.11 Å². The number of hydrogen-bond acceptors (Lipinski definition) is 3. The molecule has 100 valence electrons. The number of aromatic nitrogens is 1. The molecule has 0 radical (unpaired) electrons. The molecule has 0 unspecified atom stereocenters. The van der Waals surface area contributed by atoms with E-state index >= 15 is 0 Å². The minimum Gasteiger partial charge on any atom is -0.396 e. The first kappa shape index (κ1) is 12.9. The summed E-state index contributed by atoms with van der Waals surface area (Å²) in [5, 5.41) is 10.5. The van der Waals surface area contributed by atoms with Crippen molar-refractivity contribution in [2.24, 2.45) is 5.92 Å². The van der Waals surface area contributed by atoms with Gasteiger partial charge in [-0.1, -0.05) is 15.9 Å². The van der Waals surface area contributed by atoms with Crippen molar-refractivity contribution in [2.45, 2.75) is 12.8 Å². The van der Waals surface area contributed by atoms with Crippen molar-refractivity contribution in [3.05, 3.63) is 34.8 Å². The number of nitrogens with zero attached hydrogens (tertiary/aromatic N) is 2. The zero-order chi connectivity index (χ0) is 13.2. The van der Waals surface area contributed by atoms with Gasteiger partial charge in [0.05, 0.1) is 5.52 Å². The molecule has 0 amide bonds. The Balaban J connectivity index is 1.90. The fourth-order valence-electron chi connectivity index (χ4n) is 2.68. The van der Waals surface area contributed by atoms with E-state index < -0.39 is 0 Å². The number of fused-ring (bicyclic) bond motifs is 1. The van der Waals surface area contributed by atoms with Gasteiger partial charge in [0.1, 0.15) is 5.82 Å². The number of rotatable bonds is 2. The average molecular weight is 321 g/mol. The fraction of sp³-hybridized carbons (Fsp3) is 0.400. The summed E-state index contributed by atoms with van der Waals surface area (Å²) < 4.78 is 1.08. The maximum atomic E-state index is 9.31. The summed E-state index contributed by atoms with van der Waals surface area (Å²) in [5.74, 6) is 1.41. The molecule has 0 saturated carbocycles. The summed E-state index contributed by atoms with van der Waals surface area (Å²) in [6.45, 7) is 2.22. The van der Waals surface area contributed by atoms with Gasteiger partial charge in [0.15, 0.2) is 0 Å². The van der Waals surface area contributed by atoms with Crippen LogP contribution in [0.25, 0.3) is 10.9 Å². The number of pyridine rings is 1. The topological polar surface area (TPSA) is 36.4 Å². The van der Waals surface area contributed by atoms with Crippen molar-refractivity contribution in [1.29, 1.82) is 0 Å². The quantitative estimate of drug-likeness (QED) is 0.923. The summed E-state index contributed by atoms with van der Waals surface area (Å²) in [7, 11) is 0. The van der Waals surface area contributed by atoms with E-state index in [0.29, 0.717) is 5.92 Å². The lowest BCUT2D eigenvalue weighted by molar-refractivity contribution is 0.208. The number of halogens is 1. The van der Waals surface area contributed by atoms with Gasteiger partial charge >= 0.3 is 0 Å². The fourth-order valence-corrected chi connectivity index (χ4v) is 3.06. The van der Waals surface area contributed by atoms with Crippen LogP contribution in [-0.2, 0) is 0 Å². The highest BCUT2D eigenvalue weighted by Gasteiger charge is 2.20. The van der Waals surface area contributed by atoms with Crippen molar-refractivity contribution in [2.75, 3.05) is 24.6 Å². The lowest BCUT2D eigenvalue weighted by atomic mass is 9.99. The van der Waals surface area contributed by atoms with Crippen LogP contribution in [0.3, 0.4) is 0 Å². The van der Waals surface area contributed by atoms with E-state index in [9.17, 15) is 5.11 Å². The Bertz CT molecular complexity index is 587. The van der Waals surface area contributed by atoms with Gasteiger partial charge in [0, 0.05) is 29.6 Å². The van der Waals surface area contributed by atoms with Crippen molar-refractivity contribution in [3.63, 3.8) is 0 Å². The van der Waals surface area contributed by atoms with Crippen LogP contribution in [0.4, 0.5) is 5.82 Å². The summed E-state index contributed by atoms with van der Waals surface area (Å²) in [5.41, 5.74) is 1.02. The lowest BCUT2D eigenvalue weighted by Crippen LogP contribution is -2.37. The monoisotopic (exact) mass is 320 g/mol. The van der Waals surface area contributed by atoms with Gasteiger partial charge in [-0.25, -0.2) is 4.98 Å². The minimum absolute atomic E-state index is 0.275. The van der Waals surface area contributed by atoms with Crippen LogP contribution in [0, 0.1) is 5.92 Å². The van der Waals surface area contributed by atoms with Crippen LogP contribution in [0.2, 0.25) is 0 Å². The smallest absolute Gasteiger partial charge is 0.129 e. The van der Waals surface area contributed by atoms with Gasteiger partial charge in [-0.15, -0.1) is 0 Å². The number of aliphatic hydroxyl groups excluding tert-OH is 1. The first-order valence-corrected chi connectivity index (χ1v) is 7.47. The third kappa shape index (κ3) is 2.74. The van der Waals surface area contributed by atoms with Crippen LogP contribution in [0.15, 0.2) is 34.8 Å². The van der Waals surface area contributed by atoms with Crippen LogP contribution in [0.5, 0.6) is 0 Å². The third-order valence-electron chi connectivity index (χ3n) is 3.74. The van der Waals surface area contributed by atoms with Gasteiger partial charge in [-0.2, -0.15) is 0 Å². The minimum atomic E-state index is 0.275. The van der Waals surface area contributed by atoms with Gasteiger partial charge in [-0.3, -0.25) is 0 Å². The maximum Gasteiger partial charge on any atom is 0.129 e. The number of aliphatic hydroxyl groups is 1. The molecule has 1 aliphatic heterocycles. The predicted molar refractivity (Wildman–Crippen MR) is 81.5 cm³/mol. The molecule has 1 aliphatic rings. The molecule has 1 fully saturated rings. The molecule has 1 atom stereocenters. The highest BCUT2D eigenvalue weighted by atomic mass is 79.9. The summed E-state index contributed by atoms with van der Waals surface area (Å²) in [6.07, 6.45) is 2.25. The van der Waals surface area contributed by atoms with E-state index in [-0.39, 0.29) is 6.61 Å². The lowest BCUT2D eigenvalue weighted by Gasteiger charge is -2.32. The second-order valence-corrected chi connectivity index (χ2v) is 6.06. The van der Waals surface area contributed by atoms with Crippen LogP contribution >= 0.6 is 15.9 Å². The summed E-state index contributed by atoms with van der Waals surface area (Å²) >= 11 is 3.48. The molecule has 0 aliphatic carbocycles. The SMILES string of the molecule is OC[C@H]1CCCN(c2ccc3cc(Br)ccc3n2)C1. The Morgan fingerprint density at radius 2 is 2.21 bits per heavy atom. The molecule has 1 aromatic heterocycles. The first-order chi connectivity index (χ1) is 9.26. The first-order valence-electron chi connectivity index (χ1n) is 6.68. The van der Waals surface area contributed by atoms with E-state index in [1.807, 2.05) is 12.1 Å². The molecule has 0 bridgehead atoms. The summed E-state index contributed by atoms with van der Waals surface area (Å²) in [6, 6.07) is 10.3. The van der Waals surface area contributed by atoms with Crippen LogP contribution in [0.1, 0.15) is 12.8 Å². The molecule has 19 heavy (non-hydrogen) atoms. The molecule has 2 aromatic rings. The standard InChI is InChI=1S/C15H17BrN2O/c16-13-4-5-14-12(8-13)3-6-15(17-14)18-7-1-2-11(9-18)10-19/h3-6,8,11,19H,1-2,7,9-10H2/t11-/m0/s1. The Kier molecular flexibility index (Phi) is 3.71. The van der Waals surface area contributed by atoms with Crippen LogP contribution < -0.4 is 4.90 Å². The average Bonchev–Trinajstić information content (AvgIpc) is 2.46. The number of piperidine rings is 1. The Hall–Kier alpha value is -1.13. The molecule has 4 heteroatoms. The molecular weight excluding hydrogens is 304 g/mol. The normalized spacial score (nSPS) is 19.9. The van der Waals surface area contributed by atoms with E-state index in [1.165, 1.54) is 0 Å². The Morgan fingerprint density at radius 3 is 3.05 bits per heavy atom. The zero-order valence-corrected chi connectivity index (χ0v) is 12.3. The molecule has 1 N–H and O–H groups in total. The Labute approximate surface area is 121 Å². The maximum absolute atomic E-state index is 9.31. The van der Waals surface area contributed by atoms with E-state index in [2.05, 4.69) is 39.0 Å². The highest BCUT2D eigenvalue weighted by Crippen LogP contribution is 2.25. The van der Waals surface area contributed by atoms with E-state index in [4.69, 9.17) is 4.98 Å². The zero-order valence-electron chi connectivity index (χ0n) is 10.7. The molecule has 0 spiro atoms. The molecule has 2 heterocycles.